The van der Waals surface area contributed by atoms with E-state index in [0.29, 0.717) is 6.04 Å². The van der Waals surface area contributed by atoms with Gasteiger partial charge in [0.25, 0.3) is 0 Å². The zero-order valence-electron chi connectivity index (χ0n) is 9.84. The van der Waals surface area contributed by atoms with Crippen LogP contribution in [0.1, 0.15) is 18.9 Å². The van der Waals surface area contributed by atoms with Gasteiger partial charge in [0.2, 0.25) is 0 Å². The number of likely N-dealkylation sites (N-methyl/N-ethyl adjacent to an activating group) is 1. The van der Waals surface area contributed by atoms with Crippen LogP contribution in [0.15, 0.2) is 24.3 Å². The fraction of sp³-hybridized carbons (Fsp3) is 0.500. The van der Waals surface area contributed by atoms with Crippen molar-refractivity contribution in [2.75, 3.05) is 7.05 Å². The Morgan fingerprint density at radius 1 is 1.24 bits per heavy atom. The van der Waals surface area contributed by atoms with Crippen LogP contribution in [-0.2, 0) is 6.42 Å². The van der Waals surface area contributed by atoms with Gasteiger partial charge in [-0.05, 0) is 37.6 Å². The molecule has 1 atom stereocenters. The highest BCUT2D eigenvalue weighted by atomic mass is 19.4. The van der Waals surface area contributed by atoms with Gasteiger partial charge in [-0.2, -0.15) is 0 Å². The van der Waals surface area contributed by atoms with Crippen molar-refractivity contribution < 1.29 is 17.9 Å². The van der Waals surface area contributed by atoms with Crippen LogP contribution in [0.5, 0.6) is 5.75 Å². The third-order valence-electron chi connectivity index (χ3n) is 2.54. The average Bonchev–Trinajstić information content (AvgIpc) is 2.26. The molecule has 96 valence electrons. The number of alkyl halides is 3. The Hall–Kier alpha value is -1.23. The van der Waals surface area contributed by atoms with Gasteiger partial charge < -0.3 is 10.1 Å². The second kappa shape index (κ2) is 5.91. The Bertz CT molecular complexity index is 331. The Kier molecular flexibility index (Phi) is 4.81. The molecule has 1 rings (SSSR count). The summed E-state index contributed by atoms with van der Waals surface area (Å²) >= 11 is 0. The summed E-state index contributed by atoms with van der Waals surface area (Å²) in [6, 6.07) is 6.32. The molecule has 5 heteroatoms. The van der Waals surface area contributed by atoms with E-state index in [1.54, 1.807) is 12.1 Å². The summed E-state index contributed by atoms with van der Waals surface area (Å²) in [4.78, 5) is 0. The summed E-state index contributed by atoms with van der Waals surface area (Å²) in [5.74, 6) is -0.182. The van der Waals surface area contributed by atoms with Gasteiger partial charge in [-0.3, -0.25) is 0 Å². The van der Waals surface area contributed by atoms with Gasteiger partial charge in [0.15, 0.2) is 0 Å². The first-order chi connectivity index (χ1) is 7.94. The molecule has 1 aromatic carbocycles. The second-order valence-corrected chi connectivity index (χ2v) is 3.79. The maximum Gasteiger partial charge on any atom is 0.573 e. The van der Waals surface area contributed by atoms with Crippen LogP contribution in [-0.4, -0.2) is 19.5 Å². The number of ether oxygens (including phenoxy) is 1. The van der Waals surface area contributed by atoms with Crippen molar-refractivity contribution in [3.63, 3.8) is 0 Å². The highest BCUT2D eigenvalue weighted by molar-refractivity contribution is 5.27. The van der Waals surface area contributed by atoms with E-state index in [2.05, 4.69) is 17.0 Å². The molecule has 0 radical (unpaired) electrons. The van der Waals surface area contributed by atoms with Crippen molar-refractivity contribution >= 4 is 0 Å². The Balaban J connectivity index is 2.62. The van der Waals surface area contributed by atoms with Crippen LogP contribution in [0.3, 0.4) is 0 Å². The quantitative estimate of drug-likeness (QED) is 0.863. The number of nitrogens with one attached hydrogen (secondary N) is 1. The maximum absolute atomic E-state index is 11.9. The van der Waals surface area contributed by atoms with Gasteiger partial charge in [-0.25, -0.2) is 0 Å². The van der Waals surface area contributed by atoms with Crippen molar-refractivity contribution in [2.45, 2.75) is 32.2 Å². The molecule has 0 heterocycles. The second-order valence-electron chi connectivity index (χ2n) is 3.79. The van der Waals surface area contributed by atoms with Gasteiger partial charge in [-0.1, -0.05) is 19.1 Å². The molecule has 0 aliphatic rings. The maximum atomic E-state index is 11.9. The number of benzene rings is 1. The van der Waals surface area contributed by atoms with E-state index in [0.717, 1.165) is 18.4 Å². The van der Waals surface area contributed by atoms with Crippen molar-refractivity contribution in [3.05, 3.63) is 29.8 Å². The molecule has 17 heavy (non-hydrogen) atoms. The molecule has 0 spiro atoms. The van der Waals surface area contributed by atoms with E-state index in [9.17, 15) is 13.2 Å². The Morgan fingerprint density at radius 3 is 2.24 bits per heavy atom. The van der Waals surface area contributed by atoms with Crippen molar-refractivity contribution in [1.82, 2.24) is 5.32 Å². The van der Waals surface area contributed by atoms with Gasteiger partial charge >= 0.3 is 6.36 Å². The van der Waals surface area contributed by atoms with Gasteiger partial charge in [0.1, 0.15) is 5.75 Å². The summed E-state index contributed by atoms with van der Waals surface area (Å²) < 4.78 is 39.6. The first-order valence-electron chi connectivity index (χ1n) is 5.46. The molecule has 1 aromatic rings. The lowest BCUT2D eigenvalue weighted by Gasteiger charge is -2.14. The van der Waals surface area contributed by atoms with Crippen LogP contribution in [0.2, 0.25) is 0 Å². The van der Waals surface area contributed by atoms with Crippen LogP contribution in [0, 0.1) is 0 Å². The zero-order chi connectivity index (χ0) is 12.9. The molecular weight excluding hydrogens is 231 g/mol. The molecule has 1 N–H and O–H groups in total. The van der Waals surface area contributed by atoms with Crippen LogP contribution in [0.25, 0.3) is 0 Å². The molecular formula is C12H16F3NO. The molecule has 0 aliphatic heterocycles. The number of halogens is 3. The number of hydrogen-bond acceptors (Lipinski definition) is 2. The first-order valence-corrected chi connectivity index (χ1v) is 5.46. The molecule has 1 unspecified atom stereocenters. The smallest absolute Gasteiger partial charge is 0.406 e. The molecule has 0 aromatic heterocycles. The van der Waals surface area contributed by atoms with Crippen molar-refractivity contribution in [3.8, 4) is 5.75 Å². The van der Waals surface area contributed by atoms with Gasteiger partial charge in [-0.15, -0.1) is 13.2 Å². The Morgan fingerprint density at radius 2 is 1.82 bits per heavy atom. The molecule has 0 saturated heterocycles. The topological polar surface area (TPSA) is 21.3 Å². The van der Waals surface area contributed by atoms with E-state index in [1.807, 2.05) is 7.05 Å². The molecule has 2 nitrogen and oxygen atoms in total. The predicted octanol–water partition coefficient (Wildman–Crippen LogP) is 3.13. The third kappa shape index (κ3) is 5.08. The summed E-state index contributed by atoms with van der Waals surface area (Å²) in [5, 5.41) is 3.14. The predicted molar refractivity (Wildman–Crippen MR) is 60.0 cm³/mol. The van der Waals surface area contributed by atoms with E-state index in [1.165, 1.54) is 12.1 Å². The fourth-order valence-electron chi connectivity index (χ4n) is 1.56. The highest BCUT2D eigenvalue weighted by Crippen LogP contribution is 2.23. The molecule has 0 aliphatic carbocycles. The summed E-state index contributed by atoms with van der Waals surface area (Å²) in [6.45, 7) is 2.06. The lowest BCUT2D eigenvalue weighted by Crippen LogP contribution is -2.26. The highest BCUT2D eigenvalue weighted by Gasteiger charge is 2.30. The van der Waals surface area contributed by atoms with Gasteiger partial charge in [0, 0.05) is 6.04 Å². The summed E-state index contributed by atoms with van der Waals surface area (Å²) in [6.07, 6.45) is -2.87. The minimum Gasteiger partial charge on any atom is -0.406 e. The van der Waals surface area contributed by atoms with E-state index >= 15 is 0 Å². The van der Waals surface area contributed by atoms with Crippen LogP contribution in [0.4, 0.5) is 13.2 Å². The minimum absolute atomic E-state index is 0.182. The summed E-state index contributed by atoms with van der Waals surface area (Å²) in [7, 11) is 1.87. The third-order valence-corrected chi connectivity index (χ3v) is 2.54. The lowest BCUT2D eigenvalue weighted by atomic mass is 10.0. The monoisotopic (exact) mass is 247 g/mol. The minimum atomic E-state index is -4.63. The largest absolute Gasteiger partial charge is 0.573 e. The molecule has 0 saturated carbocycles. The standard InChI is InChI=1S/C12H16F3NO/c1-3-10(16-2)8-9-4-6-11(7-5-9)17-12(13,14)15/h4-7,10,16H,3,8H2,1-2H3. The molecule has 0 fully saturated rings. The normalized spacial score (nSPS) is 13.5. The average molecular weight is 247 g/mol. The summed E-state index contributed by atoms with van der Waals surface area (Å²) in [5.41, 5.74) is 0.987. The van der Waals surface area contributed by atoms with Crippen molar-refractivity contribution in [1.29, 1.82) is 0 Å². The first kappa shape index (κ1) is 13.8. The van der Waals surface area contributed by atoms with Crippen LogP contribution >= 0.6 is 0 Å². The van der Waals surface area contributed by atoms with E-state index in [-0.39, 0.29) is 5.75 Å². The number of hydrogen-bond donors (Lipinski definition) is 1. The molecule has 0 amide bonds. The van der Waals surface area contributed by atoms with Gasteiger partial charge in [0.05, 0.1) is 0 Å². The Labute approximate surface area is 98.8 Å². The lowest BCUT2D eigenvalue weighted by molar-refractivity contribution is -0.274. The van der Waals surface area contributed by atoms with Crippen LogP contribution < -0.4 is 10.1 Å². The SMILES string of the molecule is CCC(Cc1ccc(OC(F)(F)F)cc1)NC. The van der Waals surface area contributed by atoms with E-state index < -0.39 is 6.36 Å². The molecule has 0 bridgehead atoms. The van der Waals surface area contributed by atoms with Crippen molar-refractivity contribution in [2.24, 2.45) is 0 Å². The van der Waals surface area contributed by atoms with E-state index in [4.69, 9.17) is 0 Å². The fourth-order valence-corrected chi connectivity index (χ4v) is 1.56. The number of rotatable bonds is 5. The zero-order valence-corrected chi connectivity index (χ0v) is 9.84.